The van der Waals surface area contributed by atoms with Crippen molar-refractivity contribution < 1.29 is 0 Å². The molecule has 1 saturated heterocycles. The highest BCUT2D eigenvalue weighted by molar-refractivity contribution is 6.30. The van der Waals surface area contributed by atoms with Crippen LogP contribution in [0, 0.1) is 0 Å². The number of hydrogen-bond donors (Lipinski definition) is 1. The summed E-state index contributed by atoms with van der Waals surface area (Å²) in [7, 11) is 0. The maximum atomic E-state index is 6.06. The fourth-order valence-corrected chi connectivity index (χ4v) is 3.34. The zero-order chi connectivity index (χ0) is 14.7. The molecule has 2 heterocycles. The minimum Gasteiger partial charge on any atom is -0.317 e. The fourth-order valence-electron chi connectivity index (χ4n) is 3.13. The molecule has 3 nitrogen and oxygen atoms in total. The van der Waals surface area contributed by atoms with Gasteiger partial charge in [0.25, 0.3) is 0 Å². The molecule has 2 aromatic rings. The van der Waals surface area contributed by atoms with E-state index in [0.29, 0.717) is 5.92 Å². The van der Waals surface area contributed by atoms with Crippen molar-refractivity contribution in [1.82, 2.24) is 15.1 Å². The van der Waals surface area contributed by atoms with E-state index in [1.165, 1.54) is 24.1 Å². The average Bonchev–Trinajstić information content (AvgIpc) is 2.91. The highest BCUT2D eigenvalue weighted by Crippen LogP contribution is 2.26. The van der Waals surface area contributed by atoms with E-state index in [9.17, 15) is 0 Å². The molecule has 1 aromatic heterocycles. The van der Waals surface area contributed by atoms with Gasteiger partial charge in [-0.15, -0.1) is 0 Å². The van der Waals surface area contributed by atoms with Gasteiger partial charge in [0.1, 0.15) is 0 Å². The Balaban J connectivity index is 1.81. The average molecular weight is 304 g/mol. The zero-order valence-corrected chi connectivity index (χ0v) is 13.2. The largest absolute Gasteiger partial charge is 0.317 e. The predicted molar refractivity (Wildman–Crippen MR) is 87.0 cm³/mol. The molecule has 0 aliphatic carbocycles. The minimum atomic E-state index is 0.645. The smallest absolute Gasteiger partial charge is 0.0671 e. The molecule has 0 bridgehead atoms. The Hall–Kier alpha value is -1.32. The lowest BCUT2D eigenvalue weighted by molar-refractivity contribution is 0.432. The molecule has 1 aromatic carbocycles. The van der Waals surface area contributed by atoms with Gasteiger partial charge >= 0.3 is 0 Å². The maximum Gasteiger partial charge on any atom is 0.0671 e. The molecular weight excluding hydrogens is 282 g/mol. The van der Waals surface area contributed by atoms with E-state index in [2.05, 4.69) is 29.1 Å². The normalized spacial score (nSPS) is 16.3. The van der Waals surface area contributed by atoms with Gasteiger partial charge in [0, 0.05) is 29.6 Å². The summed E-state index contributed by atoms with van der Waals surface area (Å²) in [5.74, 6) is 0.645. The Morgan fingerprint density at radius 2 is 2.10 bits per heavy atom. The number of aromatic nitrogens is 2. The number of rotatable bonds is 4. The Labute approximate surface area is 131 Å². The van der Waals surface area contributed by atoms with Crippen molar-refractivity contribution in [2.24, 2.45) is 0 Å². The standard InChI is InChI=1S/C17H22ClN3/c1-2-21-17(14-6-8-19-9-7-14)12-16(20-21)11-13-4-3-5-15(18)10-13/h3-5,10,12,14,19H,2,6-9,11H2,1H3. The summed E-state index contributed by atoms with van der Waals surface area (Å²) in [4.78, 5) is 0. The number of nitrogens with one attached hydrogen (secondary N) is 1. The van der Waals surface area contributed by atoms with E-state index in [1.807, 2.05) is 18.2 Å². The molecule has 112 valence electrons. The number of hydrogen-bond acceptors (Lipinski definition) is 2. The summed E-state index contributed by atoms with van der Waals surface area (Å²) in [6, 6.07) is 10.3. The molecule has 0 radical (unpaired) electrons. The molecule has 1 fully saturated rings. The molecule has 1 aliphatic rings. The number of piperidine rings is 1. The van der Waals surface area contributed by atoms with Gasteiger partial charge in [0.15, 0.2) is 0 Å². The molecule has 21 heavy (non-hydrogen) atoms. The van der Waals surface area contributed by atoms with Gasteiger partial charge in [-0.2, -0.15) is 5.10 Å². The van der Waals surface area contributed by atoms with Crippen molar-refractivity contribution in [3.05, 3.63) is 52.3 Å². The summed E-state index contributed by atoms with van der Waals surface area (Å²) in [5, 5.41) is 9.01. The van der Waals surface area contributed by atoms with Crippen molar-refractivity contribution in [2.45, 2.75) is 38.6 Å². The van der Waals surface area contributed by atoms with Gasteiger partial charge in [-0.05, 0) is 56.6 Å². The van der Waals surface area contributed by atoms with Crippen LogP contribution in [-0.2, 0) is 13.0 Å². The Bertz CT molecular complexity index is 600. The molecule has 1 aliphatic heterocycles. The van der Waals surface area contributed by atoms with Gasteiger partial charge in [0.2, 0.25) is 0 Å². The first-order valence-electron chi connectivity index (χ1n) is 7.78. The van der Waals surface area contributed by atoms with Crippen molar-refractivity contribution in [3.8, 4) is 0 Å². The molecule has 0 unspecified atom stereocenters. The van der Waals surface area contributed by atoms with Gasteiger partial charge in [-0.3, -0.25) is 4.68 Å². The summed E-state index contributed by atoms with van der Waals surface area (Å²) in [6.45, 7) is 5.34. The van der Waals surface area contributed by atoms with Crippen LogP contribution < -0.4 is 5.32 Å². The van der Waals surface area contributed by atoms with Crippen molar-refractivity contribution >= 4 is 11.6 Å². The van der Waals surface area contributed by atoms with Crippen molar-refractivity contribution in [1.29, 1.82) is 0 Å². The van der Waals surface area contributed by atoms with E-state index in [0.717, 1.165) is 36.8 Å². The van der Waals surface area contributed by atoms with Crippen molar-refractivity contribution in [2.75, 3.05) is 13.1 Å². The summed E-state index contributed by atoms with van der Waals surface area (Å²) >= 11 is 6.06. The second kappa shape index (κ2) is 6.63. The van der Waals surface area contributed by atoms with E-state index in [-0.39, 0.29) is 0 Å². The highest BCUT2D eigenvalue weighted by atomic mass is 35.5. The second-order valence-corrected chi connectivity index (χ2v) is 6.14. The summed E-state index contributed by atoms with van der Waals surface area (Å²) < 4.78 is 2.18. The fraction of sp³-hybridized carbons (Fsp3) is 0.471. The molecule has 0 saturated carbocycles. The number of nitrogens with zero attached hydrogens (tertiary/aromatic N) is 2. The van der Waals surface area contributed by atoms with Gasteiger partial charge in [0.05, 0.1) is 5.69 Å². The first-order valence-corrected chi connectivity index (χ1v) is 8.16. The quantitative estimate of drug-likeness (QED) is 0.935. The SMILES string of the molecule is CCn1nc(Cc2cccc(Cl)c2)cc1C1CCNCC1. The zero-order valence-electron chi connectivity index (χ0n) is 12.5. The van der Waals surface area contributed by atoms with Crippen LogP contribution in [-0.4, -0.2) is 22.9 Å². The molecule has 1 N–H and O–H groups in total. The molecule has 3 rings (SSSR count). The monoisotopic (exact) mass is 303 g/mol. The van der Waals surface area contributed by atoms with Gasteiger partial charge in [-0.1, -0.05) is 23.7 Å². The molecular formula is C17H22ClN3. The molecule has 4 heteroatoms. The number of halogens is 1. The highest BCUT2D eigenvalue weighted by Gasteiger charge is 2.20. The minimum absolute atomic E-state index is 0.645. The molecule has 0 amide bonds. The van der Waals surface area contributed by atoms with Crippen LogP contribution in [0.1, 0.15) is 42.6 Å². The van der Waals surface area contributed by atoms with Crippen LogP contribution in [0.15, 0.2) is 30.3 Å². The Morgan fingerprint density at radius 3 is 2.81 bits per heavy atom. The first-order chi connectivity index (χ1) is 10.3. The van der Waals surface area contributed by atoms with E-state index in [1.54, 1.807) is 0 Å². The van der Waals surface area contributed by atoms with Crippen LogP contribution in [0.2, 0.25) is 5.02 Å². The summed E-state index contributed by atoms with van der Waals surface area (Å²) in [6.07, 6.45) is 3.27. The van der Waals surface area contributed by atoms with Gasteiger partial charge in [-0.25, -0.2) is 0 Å². The van der Waals surface area contributed by atoms with E-state index < -0.39 is 0 Å². The van der Waals surface area contributed by atoms with E-state index >= 15 is 0 Å². The second-order valence-electron chi connectivity index (χ2n) is 5.71. The first kappa shape index (κ1) is 14.6. The molecule has 0 spiro atoms. The van der Waals surface area contributed by atoms with Crippen LogP contribution in [0.5, 0.6) is 0 Å². The third-order valence-electron chi connectivity index (χ3n) is 4.19. The maximum absolute atomic E-state index is 6.06. The van der Waals surface area contributed by atoms with Crippen LogP contribution in [0.25, 0.3) is 0 Å². The number of aryl methyl sites for hydroxylation is 1. The lowest BCUT2D eigenvalue weighted by atomic mass is 9.94. The topological polar surface area (TPSA) is 29.9 Å². The van der Waals surface area contributed by atoms with Crippen molar-refractivity contribution in [3.63, 3.8) is 0 Å². The van der Waals surface area contributed by atoms with Crippen LogP contribution >= 0.6 is 11.6 Å². The lowest BCUT2D eigenvalue weighted by Gasteiger charge is -2.23. The van der Waals surface area contributed by atoms with Crippen LogP contribution in [0.4, 0.5) is 0 Å². The van der Waals surface area contributed by atoms with Gasteiger partial charge < -0.3 is 5.32 Å². The lowest BCUT2D eigenvalue weighted by Crippen LogP contribution is -2.27. The number of benzene rings is 1. The van der Waals surface area contributed by atoms with E-state index in [4.69, 9.17) is 16.7 Å². The third-order valence-corrected chi connectivity index (χ3v) is 4.43. The Morgan fingerprint density at radius 1 is 1.29 bits per heavy atom. The Kier molecular flexibility index (Phi) is 4.61. The summed E-state index contributed by atoms with van der Waals surface area (Å²) in [5.41, 5.74) is 3.77. The third kappa shape index (κ3) is 3.47. The molecule has 0 atom stereocenters. The predicted octanol–water partition coefficient (Wildman–Crippen LogP) is 3.61. The van der Waals surface area contributed by atoms with Crippen LogP contribution in [0.3, 0.4) is 0 Å².